The SMILES string of the molecule is N#CC(C#N)=C(c1ccncc1)c1ccncc1. The first-order valence-corrected chi connectivity index (χ1v) is 5.22. The minimum absolute atomic E-state index is 0.0763. The van der Waals surface area contributed by atoms with Crippen LogP contribution in [0.5, 0.6) is 0 Å². The molecule has 0 amide bonds. The van der Waals surface area contributed by atoms with Gasteiger partial charge in [0, 0.05) is 30.4 Å². The average Bonchev–Trinajstić information content (AvgIpc) is 2.46. The van der Waals surface area contributed by atoms with Gasteiger partial charge >= 0.3 is 0 Å². The van der Waals surface area contributed by atoms with E-state index in [1.54, 1.807) is 49.1 Å². The fourth-order valence-corrected chi connectivity index (χ4v) is 1.63. The van der Waals surface area contributed by atoms with Crippen molar-refractivity contribution in [3.8, 4) is 12.1 Å². The molecule has 2 aromatic rings. The normalized spacial score (nSPS) is 9.00. The van der Waals surface area contributed by atoms with Crippen molar-refractivity contribution in [2.45, 2.75) is 0 Å². The van der Waals surface area contributed by atoms with Crippen LogP contribution in [0, 0.1) is 22.7 Å². The number of hydrogen-bond acceptors (Lipinski definition) is 4. The van der Waals surface area contributed by atoms with E-state index < -0.39 is 0 Å². The van der Waals surface area contributed by atoms with Crippen LogP contribution in [0.4, 0.5) is 0 Å². The molecule has 0 N–H and O–H groups in total. The Bertz CT molecular complexity index is 588. The summed E-state index contributed by atoms with van der Waals surface area (Å²) in [4.78, 5) is 7.86. The molecule has 4 heteroatoms. The van der Waals surface area contributed by atoms with Crippen molar-refractivity contribution in [1.29, 1.82) is 10.5 Å². The highest BCUT2D eigenvalue weighted by Crippen LogP contribution is 2.25. The van der Waals surface area contributed by atoms with Crippen LogP contribution in [-0.4, -0.2) is 9.97 Å². The molecule has 0 aliphatic rings. The average molecular weight is 232 g/mol. The van der Waals surface area contributed by atoms with Crippen LogP contribution in [0.15, 0.2) is 54.6 Å². The van der Waals surface area contributed by atoms with E-state index in [1.807, 2.05) is 12.1 Å². The van der Waals surface area contributed by atoms with Crippen LogP contribution in [0.2, 0.25) is 0 Å². The van der Waals surface area contributed by atoms with Crippen LogP contribution in [0.3, 0.4) is 0 Å². The third-order valence-electron chi connectivity index (χ3n) is 2.41. The summed E-state index contributed by atoms with van der Waals surface area (Å²) in [6.45, 7) is 0. The zero-order chi connectivity index (χ0) is 12.8. The van der Waals surface area contributed by atoms with Crippen molar-refractivity contribution in [2.75, 3.05) is 0 Å². The molecule has 0 atom stereocenters. The van der Waals surface area contributed by atoms with Crippen molar-refractivity contribution in [1.82, 2.24) is 9.97 Å². The van der Waals surface area contributed by atoms with Gasteiger partial charge in [-0.25, -0.2) is 0 Å². The van der Waals surface area contributed by atoms with Crippen molar-refractivity contribution >= 4 is 5.57 Å². The van der Waals surface area contributed by atoms with Gasteiger partial charge in [0.05, 0.1) is 0 Å². The van der Waals surface area contributed by atoms with Gasteiger partial charge in [-0.1, -0.05) is 0 Å². The smallest absolute Gasteiger partial charge is 0.138 e. The number of pyridine rings is 2. The van der Waals surface area contributed by atoms with Gasteiger partial charge in [-0.3, -0.25) is 9.97 Å². The summed E-state index contributed by atoms with van der Waals surface area (Å²) >= 11 is 0. The molecule has 0 saturated carbocycles. The Morgan fingerprint density at radius 3 is 1.50 bits per heavy atom. The minimum Gasteiger partial charge on any atom is -0.265 e. The lowest BCUT2D eigenvalue weighted by Crippen LogP contribution is -1.93. The Balaban J connectivity index is 2.69. The molecule has 0 fully saturated rings. The third kappa shape index (κ3) is 2.23. The van der Waals surface area contributed by atoms with Crippen molar-refractivity contribution < 1.29 is 0 Å². The van der Waals surface area contributed by atoms with E-state index in [-0.39, 0.29) is 5.57 Å². The monoisotopic (exact) mass is 232 g/mol. The van der Waals surface area contributed by atoms with Crippen molar-refractivity contribution in [3.05, 3.63) is 65.8 Å². The fraction of sp³-hybridized carbons (Fsp3) is 0. The Morgan fingerprint density at radius 2 is 1.17 bits per heavy atom. The number of allylic oxidation sites excluding steroid dienone is 1. The van der Waals surface area contributed by atoms with Gasteiger partial charge < -0.3 is 0 Å². The molecule has 0 unspecified atom stereocenters. The summed E-state index contributed by atoms with van der Waals surface area (Å²) in [6.07, 6.45) is 6.51. The first-order chi connectivity index (χ1) is 8.86. The third-order valence-corrected chi connectivity index (χ3v) is 2.41. The zero-order valence-electron chi connectivity index (χ0n) is 9.41. The molecule has 84 valence electrons. The summed E-state index contributed by atoms with van der Waals surface area (Å²) in [7, 11) is 0. The molecule has 0 bridgehead atoms. The van der Waals surface area contributed by atoms with Gasteiger partial charge in [-0.05, 0) is 35.4 Å². The number of hydrogen-bond donors (Lipinski definition) is 0. The number of nitrogens with zero attached hydrogens (tertiary/aromatic N) is 4. The van der Waals surface area contributed by atoms with Gasteiger partial charge in [-0.15, -0.1) is 0 Å². The van der Waals surface area contributed by atoms with Gasteiger partial charge in [0.25, 0.3) is 0 Å². The molecule has 0 spiro atoms. The van der Waals surface area contributed by atoms with Crippen LogP contribution in [0.25, 0.3) is 5.57 Å². The lowest BCUT2D eigenvalue weighted by molar-refractivity contribution is 1.29. The van der Waals surface area contributed by atoms with Crippen LogP contribution >= 0.6 is 0 Å². The molecule has 2 rings (SSSR count). The second-order valence-corrected chi connectivity index (χ2v) is 3.45. The number of rotatable bonds is 2. The summed E-state index contributed by atoms with van der Waals surface area (Å²) in [6, 6.07) is 10.9. The van der Waals surface area contributed by atoms with Crippen LogP contribution in [-0.2, 0) is 0 Å². The highest BCUT2D eigenvalue weighted by Gasteiger charge is 2.11. The molecular formula is C14H8N4. The molecule has 0 saturated heterocycles. The summed E-state index contributed by atoms with van der Waals surface area (Å²) < 4.78 is 0. The van der Waals surface area contributed by atoms with Crippen molar-refractivity contribution in [2.24, 2.45) is 0 Å². The van der Waals surface area contributed by atoms with Gasteiger partial charge in [-0.2, -0.15) is 10.5 Å². The Morgan fingerprint density at radius 1 is 0.778 bits per heavy atom. The fourth-order valence-electron chi connectivity index (χ4n) is 1.63. The van der Waals surface area contributed by atoms with E-state index in [4.69, 9.17) is 10.5 Å². The second kappa shape index (κ2) is 5.38. The largest absolute Gasteiger partial charge is 0.265 e. The lowest BCUT2D eigenvalue weighted by atomic mass is 9.95. The Kier molecular flexibility index (Phi) is 3.44. The van der Waals surface area contributed by atoms with E-state index >= 15 is 0 Å². The van der Waals surface area contributed by atoms with E-state index in [0.717, 1.165) is 11.1 Å². The molecular weight excluding hydrogens is 224 g/mol. The molecule has 4 nitrogen and oxygen atoms in total. The van der Waals surface area contributed by atoms with Gasteiger partial charge in [0.15, 0.2) is 0 Å². The zero-order valence-corrected chi connectivity index (χ0v) is 9.41. The highest BCUT2D eigenvalue weighted by molar-refractivity contribution is 5.86. The quantitative estimate of drug-likeness (QED) is 0.745. The molecule has 0 aliphatic carbocycles. The minimum atomic E-state index is 0.0763. The molecule has 0 radical (unpaired) electrons. The van der Waals surface area contributed by atoms with Crippen molar-refractivity contribution in [3.63, 3.8) is 0 Å². The van der Waals surface area contributed by atoms with E-state index in [0.29, 0.717) is 5.57 Å². The van der Waals surface area contributed by atoms with Gasteiger partial charge in [0.2, 0.25) is 0 Å². The second-order valence-electron chi connectivity index (χ2n) is 3.45. The molecule has 0 aromatic carbocycles. The highest BCUT2D eigenvalue weighted by atomic mass is 14.6. The Hall–Kier alpha value is -2.98. The predicted octanol–water partition coefficient (Wildman–Crippen LogP) is 2.33. The predicted molar refractivity (Wildman–Crippen MR) is 65.7 cm³/mol. The van der Waals surface area contributed by atoms with Gasteiger partial charge in [0.1, 0.15) is 17.7 Å². The van der Waals surface area contributed by atoms with Crippen LogP contribution in [0.1, 0.15) is 11.1 Å². The standard InChI is InChI=1S/C14H8N4/c15-9-13(10-16)14(11-1-5-17-6-2-11)12-3-7-18-8-4-12/h1-8H. The Labute approximate surface area is 104 Å². The van der Waals surface area contributed by atoms with E-state index in [2.05, 4.69) is 9.97 Å². The topological polar surface area (TPSA) is 73.4 Å². The first kappa shape index (κ1) is 11.5. The number of nitriles is 2. The first-order valence-electron chi connectivity index (χ1n) is 5.22. The maximum absolute atomic E-state index is 9.06. The summed E-state index contributed by atoms with van der Waals surface area (Å²) in [5, 5.41) is 18.1. The summed E-state index contributed by atoms with van der Waals surface area (Å²) in [5.74, 6) is 0. The molecule has 0 aliphatic heterocycles. The number of aromatic nitrogens is 2. The molecule has 2 heterocycles. The van der Waals surface area contributed by atoms with Crippen LogP contribution < -0.4 is 0 Å². The molecule has 2 aromatic heterocycles. The maximum atomic E-state index is 9.06. The summed E-state index contributed by atoms with van der Waals surface area (Å²) in [5.41, 5.74) is 2.25. The lowest BCUT2D eigenvalue weighted by Gasteiger charge is -2.07. The molecule has 18 heavy (non-hydrogen) atoms. The van der Waals surface area contributed by atoms with E-state index in [9.17, 15) is 0 Å². The van der Waals surface area contributed by atoms with E-state index in [1.165, 1.54) is 0 Å². The maximum Gasteiger partial charge on any atom is 0.138 e.